The number of nitrogens with one attached hydrogen (secondary N) is 2. The van der Waals surface area contributed by atoms with Crippen LogP contribution in [-0.2, 0) is 0 Å². The number of hydrogen-bond donors (Lipinski definition) is 2. The molecule has 0 aliphatic heterocycles. The molecule has 2 rings (SSSR count). The van der Waals surface area contributed by atoms with E-state index < -0.39 is 0 Å². The summed E-state index contributed by atoms with van der Waals surface area (Å²) in [6, 6.07) is 16.8. The van der Waals surface area contributed by atoms with Gasteiger partial charge in [0, 0.05) is 24.5 Å². The first-order valence-electron chi connectivity index (χ1n) is 7.12. The maximum absolute atomic E-state index is 4.21. The van der Waals surface area contributed by atoms with Crippen LogP contribution in [0, 0.1) is 0 Å². The highest BCUT2D eigenvalue weighted by atomic mass is 14.8. The molecule has 104 valence electrons. The van der Waals surface area contributed by atoms with E-state index in [-0.39, 0.29) is 0 Å². The van der Waals surface area contributed by atoms with Crippen LogP contribution in [0.15, 0.2) is 55.1 Å². The Morgan fingerprint density at radius 2 is 1.10 bits per heavy atom. The molecular weight excluding hydrogens is 244 g/mol. The van der Waals surface area contributed by atoms with Gasteiger partial charge in [-0.25, -0.2) is 0 Å². The molecule has 0 aliphatic rings. The number of hydrogen-bond acceptors (Lipinski definition) is 2. The van der Waals surface area contributed by atoms with Crippen molar-refractivity contribution in [2.24, 2.45) is 0 Å². The molecule has 0 aromatic heterocycles. The summed E-state index contributed by atoms with van der Waals surface area (Å²) in [6.07, 6.45) is 0. The Morgan fingerprint density at radius 1 is 0.750 bits per heavy atom. The predicted molar refractivity (Wildman–Crippen MR) is 89.3 cm³/mol. The summed E-state index contributed by atoms with van der Waals surface area (Å²) in [5.41, 5.74) is 5.65. The zero-order chi connectivity index (χ0) is 14.4. The highest BCUT2D eigenvalue weighted by molar-refractivity contribution is 5.79. The third kappa shape index (κ3) is 3.41. The van der Waals surface area contributed by atoms with Crippen LogP contribution < -0.4 is 10.6 Å². The minimum atomic E-state index is 0.937. The summed E-state index contributed by atoms with van der Waals surface area (Å²) in [7, 11) is 0. The first kappa shape index (κ1) is 14.2. The van der Waals surface area contributed by atoms with E-state index in [1.165, 1.54) is 0 Å². The standard InChI is InChI=1S/C18H22N2/c1-4-19-17-10-6-15(7-11-17)14(3)16-8-12-18(13-9-16)20-5-2/h6-13,19-20H,3-5H2,1-2H3. The Hall–Kier alpha value is -2.22. The van der Waals surface area contributed by atoms with Gasteiger partial charge in [-0.05, 0) is 54.8 Å². The van der Waals surface area contributed by atoms with Crippen LogP contribution in [0.1, 0.15) is 25.0 Å². The number of benzene rings is 2. The van der Waals surface area contributed by atoms with Crippen molar-refractivity contribution in [3.8, 4) is 0 Å². The Balaban J connectivity index is 2.13. The van der Waals surface area contributed by atoms with Gasteiger partial charge in [0.2, 0.25) is 0 Å². The van der Waals surface area contributed by atoms with Gasteiger partial charge in [-0.1, -0.05) is 30.8 Å². The average molecular weight is 266 g/mol. The molecule has 0 saturated heterocycles. The molecule has 0 amide bonds. The zero-order valence-electron chi connectivity index (χ0n) is 12.2. The van der Waals surface area contributed by atoms with Crippen LogP contribution in [-0.4, -0.2) is 13.1 Å². The molecule has 0 bridgehead atoms. The molecule has 0 spiro atoms. The van der Waals surface area contributed by atoms with Crippen molar-refractivity contribution in [1.82, 2.24) is 0 Å². The topological polar surface area (TPSA) is 24.1 Å². The molecule has 0 heterocycles. The Bertz CT molecular complexity index is 501. The van der Waals surface area contributed by atoms with Crippen molar-refractivity contribution in [3.05, 3.63) is 66.2 Å². The van der Waals surface area contributed by atoms with E-state index in [0.29, 0.717) is 0 Å². The molecule has 0 atom stereocenters. The molecule has 2 N–H and O–H groups in total. The van der Waals surface area contributed by atoms with Gasteiger partial charge < -0.3 is 10.6 Å². The molecule has 2 nitrogen and oxygen atoms in total. The van der Waals surface area contributed by atoms with E-state index >= 15 is 0 Å². The monoisotopic (exact) mass is 266 g/mol. The van der Waals surface area contributed by atoms with Crippen LogP contribution in [0.3, 0.4) is 0 Å². The Labute approximate surface area is 121 Å². The van der Waals surface area contributed by atoms with Crippen molar-refractivity contribution in [1.29, 1.82) is 0 Å². The minimum absolute atomic E-state index is 0.937. The fraction of sp³-hybridized carbons (Fsp3) is 0.222. The van der Waals surface area contributed by atoms with Crippen LogP contribution >= 0.6 is 0 Å². The second kappa shape index (κ2) is 6.80. The van der Waals surface area contributed by atoms with Crippen LogP contribution in [0.5, 0.6) is 0 Å². The van der Waals surface area contributed by atoms with Gasteiger partial charge in [0.25, 0.3) is 0 Å². The first-order chi connectivity index (χ1) is 9.74. The smallest absolute Gasteiger partial charge is 0.0340 e. The van der Waals surface area contributed by atoms with Gasteiger partial charge in [-0.15, -0.1) is 0 Å². The fourth-order valence-corrected chi connectivity index (χ4v) is 2.15. The molecule has 0 aliphatic carbocycles. The van der Waals surface area contributed by atoms with Gasteiger partial charge in [-0.2, -0.15) is 0 Å². The molecule has 2 aromatic rings. The lowest BCUT2D eigenvalue weighted by Gasteiger charge is -2.10. The van der Waals surface area contributed by atoms with Gasteiger partial charge in [-0.3, -0.25) is 0 Å². The highest BCUT2D eigenvalue weighted by Gasteiger charge is 2.02. The van der Waals surface area contributed by atoms with Gasteiger partial charge in [0.15, 0.2) is 0 Å². The van der Waals surface area contributed by atoms with E-state index in [4.69, 9.17) is 0 Å². The fourth-order valence-electron chi connectivity index (χ4n) is 2.15. The normalized spacial score (nSPS) is 10.1. The Morgan fingerprint density at radius 3 is 1.40 bits per heavy atom. The molecule has 0 unspecified atom stereocenters. The van der Waals surface area contributed by atoms with Crippen molar-refractivity contribution in [2.45, 2.75) is 13.8 Å². The SMILES string of the molecule is C=C(c1ccc(NCC)cc1)c1ccc(NCC)cc1. The summed E-state index contributed by atoms with van der Waals surface area (Å²) in [6.45, 7) is 10.3. The summed E-state index contributed by atoms with van der Waals surface area (Å²) in [4.78, 5) is 0. The van der Waals surface area contributed by atoms with Gasteiger partial charge >= 0.3 is 0 Å². The average Bonchev–Trinajstić information content (AvgIpc) is 2.49. The quantitative estimate of drug-likeness (QED) is 0.797. The van der Waals surface area contributed by atoms with Crippen molar-refractivity contribution in [2.75, 3.05) is 23.7 Å². The lowest BCUT2D eigenvalue weighted by molar-refractivity contribution is 1.21. The maximum Gasteiger partial charge on any atom is 0.0340 e. The van der Waals surface area contributed by atoms with E-state index in [0.717, 1.165) is 41.2 Å². The molecule has 2 heteroatoms. The van der Waals surface area contributed by atoms with E-state index in [2.05, 4.69) is 79.6 Å². The van der Waals surface area contributed by atoms with E-state index in [9.17, 15) is 0 Å². The molecule has 0 fully saturated rings. The van der Waals surface area contributed by atoms with Crippen molar-refractivity contribution in [3.63, 3.8) is 0 Å². The minimum Gasteiger partial charge on any atom is -0.385 e. The van der Waals surface area contributed by atoms with E-state index in [1.807, 2.05) is 0 Å². The van der Waals surface area contributed by atoms with Crippen LogP contribution in [0.2, 0.25) is 0 Å². The molecule has 0 saturated carbocycles. The summed E-state index contributed by atoms with van der Waals surface area (Å²) in [5.74, 6) is 0. The van der Waals surface area contributed by atoms with Crippen molar-refractivity contribution >= 4 is 16.9 Å². The number of rotatable bonds is 6. The molecule has 20 heavy (non-hydrogen) atoms. The summed E-state index contributed by atoms with van der Waals surface area (Å²) < 4.78 is 0. The van der Waals surface area contributed by atoms with Crippen LogP contribution in [0.25, 0.3) is 5.57 Å². The summed E-state index contributed by atoms with van der Waals surface area (Å²) in [5, 5.41) is 6.59. The third-order valence-electron chi connectivity index (χ3n) is 3.23. The van der Waals surface area contributed by atoms with E-state index in [1.54, 1.807) is 0 Å². The maximum atomic E-state index is 4.21. The van der Waals surface area contributed by atoms with Crippen LogP contribution in [0.4, 0.5) is 11.4 Å². The molecular formula is C18H22N2. The molecule has 0 radical (unpaired) electrons. The highest BCUT2D eigenvalue weighted by Crippen LogP contribution is 2.24. The lowest BCUT2D eigenvalue weighted by Crippen LogP contribution is -1.97. The summed E-state index contributed by atoms with van der Waals surface area (Å²) >= 11 is 0. The largest absolute Gasteiger partial charge is 0.385 e. The van der Waals surface area contributed by atoms with Gasteiger partial charge in [0.05, 0.1) is 0 Å². The second-order valence-electron chi connectivity index (χ2n) is 4.69. The molecule has 2 aromatic carbocycles. The van der Waals surface area contributed by atoms with Crippen molar-refractivity contribution < 1.29 is 0 Å². The predicted octanol–water partition coefficient (Wildman–Crippen LogP) is 4.61. The number of anilines is 2. The second-order valence-corrected chi connectivity index (χ2v) is 4.69. The lowest BCUT2D eigenvalue weighted by atomic mass is 9.99. The third-order valence-corrected chi connectivity index (χ3v) is 3.23. The Kier molecular flexibility index (Phi) is 4.83. The van der Waals surface area contributed by atoms with Gasteiger partial charge in [0.1, 0.15) is 0 Å². The first-order valence-corrected chi connectivity index (χ1v) is 7.12. The zero-order valence-corrected chi connectivity index (χ0v) is 12.2.